The van der Waals surface area contributed by atoms with Crippen molar-refractivity contribution in [2.24, 2.45) is 10.8 Å². The summed E-state index contributed by atoms with van der Waals surface area (Å²) in [4.78, 5) is 38.5. The zero-order valence-electron chi connectivity index (χ0n) is 20.2. The molecule has 2 aliphatic rings. The van der Waals surface area contributed by atoms with Crippen LogP contribution in [0.15, 0.2) is 42.5 Å². The molecule has 2 bridgehead atoms. The minimum absolute atomic E-state index is 0.00712. The lowest BCUT2D eigenvalue weighted by Gasteiger charge is -2.39. The number of benzene rings is 2. The number of anilines is 1. The molecule has 4 rings (SSSR count). The van der Waals surface area contributed by atoms with Crippen molar-refractivity contribution in [2.45, 2.75) is 52.6 Å². The quantitative estimate of drug-likeness (QED) is 0.309. The normalized spacial score (nSPS) is 22.5. The average Bonchev–Trinajstić information content (AvgIpc) is 3.05. The Morgan fingerprint density at radius 2 is 1.94 bits per heavy atom. The topological polar surface area (TPSA) is 102 Å². The number of hydrogen-bond donors (Lipinski definition) is 1. The summed E-state index contributed by atoms with van der Waals surface area (Å²) in [6, 6.07) is 11.3. The predicted molar refractivity (Wildman–Crippen MR) is 133 cm³/mol. The van der Waals surface area contributed by atoms with E-state index in [4.69, 9.17) is 16.3 Å². The van der Waals surface area contributed by atoms with E-state index in [1.807, 2.05) is 23.1 Å². The molecular formula is C26H30ClN3O5. The minimum atomic E-state index is -0.794. The highest BCUT2D eigenvalue weighted by Crippen LogP contribution is 2.52. The second-order valence-corrected chi connectivity index (χ2v) is 11.2. The molecule has 1 saturated carbocycles. The fraction of sp³-hybridized carbons (Fsp3) is 0.462. The van der Waals surface area contributed by atoms with Gasteiger partial charge in [0.05, 0.1) is 10.5 Å². The first-order valence-corrected chi connectivity index (χ1v) is 12.1. The van der Waals surface area contributed by atoms with Gasteiger partial charge in [0.25, 0.3) is 11.6 Å². The van der Waals surface area contributed by atoms with Crippen LogP contribution in [0.25, 0.3) is 0 Å². The zero-order valence-corrected chi connectivity index (χ0v) is 20.9. The second-order valence-electron chi connectivity index (χ2n) is 10.7. The lowest BCUT2D eigenvalue weighted by molar-refractivity contribution is -0.384. The van der Waals surface area contributed by atoms with Gasteiger partial charge in [-0.1, -0.05) is 50.6 Å². The molecule has 1 amide bonds. The number of ether oxygens (including phenoxy) is 1. The largest absolute Gasteiger partial charge is 0.452 e. The summed E-state index contributed by atoms with van der Waals surface area (Å²) in [5.41, 5.74) is 1.15. The smallest absolute Gasteiger partial charge is 0.341 e. The van der Waals surface area contributed by atoms with E-state index in [0.717, 1.165) is 30.9 Å². The fourth-order valence-corrected chi connectivity index (χ4v) is 6.04. The van der Waals surface area contributed by atoms with Gasteiger partial charge in [-0.2, -0.15) is 0 Å². The highest BCUT2D eigenvalue weighted by molar-refractivity contribution is 6.31. The molecule has 2 atom stereocenters. The summed E-state index contributed by atoms with van der Waals surface area (Å²) in [6.45, 7) is 7.22. The van der Waals surface area contributed by atoms with Crippen LogP contribution in [0.4, 0.5) is 11.4 Å². The second kappa shape index (κ2) is 9.49. The van der Waals surface area contributed by atoms with Gasteiger partial charge in [-0.25, -0.2) is 4.79 Å². The van der Waals surface area contributed by atoms with E-state index >= 15 is 0 Å². The van der Waals surface area contributed by atoms with Crippen LogP contribution in [-0.4, -0.2) is 40.9 Å². The number of likely N-dealkylation sites (tertiary alicyclic amines) is 1. The fourth-order valence-electron chi connectivity index (χ4n) is 5.84. The van der Waals surface area contributed by atoms with Crippen molar-refractivity contribution in [2.75, 3.05) is 18.5 Å². The van der Waals surface area contributed by atoms with E-state index in [1.165, 1.54) is 12.1 Å². The summed E-state index contributed by atoms with van der Waals surface area (Å²) < 4.78 is 5.37. The summed E-state index contributed by atoms with van der Waals surface area (Å²) in [6.07, 6.45) is 2.93. The Kier molecular flexibility index (Phi) is 6.77. The molecule has 2 unspecified atom stereocenters. The first-order chi connectivity index (χ1) is 16.5. The van der Waals surface area contributed by atoms with Gasteiger partial charge in [-0.3, -0.25) is 14.9 Å². The standard InChI is InChI=1S/C26H30ClN3O5/c1-25(2)11-19-12-26(3,15-25)16-29(19)23(31)14-35-24(32)20-10-18(30(33)34)8-9-22(20)28-13-17-6-4-5-7-21(17)27/h4-10,19,28H,11-16H2,1-3H3. The van der Waals surface area contributed by atoms with E-state index < -0.39 is 17.5 Å². The van der Waals surface area contributed by atoms with Crippen LogP contribution in [0.5, 0.6) is 0 Å². The molecule has 186 valence electrons. The molecule has 1 saturated heterocycles. The number of carbonyl (C=O) groups is 2. The summed E-state index contributed by atoms with van der Waals surface area (Å²) in [5.74, 6) is -1.03. The molecule has 35 heavy (non-hydrogen) atoms. The summed E-state index contributed by atoms with van der Waals surface area (Å²) in [5, 5.41) is 15.0. The van der Waals surface area contributed by atoms with Crippen molar-refractivity contribution in [3.05, 3.63) is 68.7 Å². The number of nitro benzene ring substituents is 1. The van der Waals surface area contributed by atoms with E-state index in [1.54, 1.807) is 6.07 Å². The van der Waals surface area contributed by atoms with Gasteiger partial charge in [0.2, 0.25) is 0 Å². The molecule has 0 radical (unpaired) electrons. The first-order valence-electron chi connectivity index (χ1n) is 11.7. The van der Waals surface area contributed by atoms with Crippen molar-refractivity contribution < 1.29 is 19.2 Å². The van der Waals surface area contributed by atoms with Crippen molar-refractivity contribution in [3.63, 3.8) is 0 Å². The summed E-state index contributed by atoms with van der Waals surface area (Å²) >= 11 is 6.21. The predicted octanol–water partition coefficient (Wildman–Crippen LogP) is 5.44. The maximum Gasteiger partial charge on any atom is 0.341 e. The molecule has 9 heteroatoms. The monoisotopic (exact) mass is 499 g/mol. The van der Waals surface area contributed by atoms with E-state index in [0.29, 0.717) is 23.8 Å². The van der Waals surface area contributed by atoms with Crippen molar-refractivity contribution >= 4 is 34.9 Å². The lowest BCUT2D eigenvalue weighted by atomic mass is 9.65. The highest BCUT2D eigenvalue weighted by atomic mass is 35.5. The number of esters is 1. The van der Waals surface area contributed by atoms with Crippen LogP contribution < -0.4 is 5.32 Å². The molecule has 2 aromatic carbocycles. The summed E-state index contributed by atoms with van der Waals surface area (Å²) in [7, 11) is 0. The van der Waals surface area contributed by atoms with Gasteiger partial charge >= 0.3 is 5.97 Å². The van der Waals surface area contributed by atoms with Crippen molar-refractivity contribution in [3.8, 4) is 0 Å². The number of amides is 1. The van der Waals surface area contributed by atoms with Crippen LogP contribution in [0.2, 0.25) is 5.02 Å². The van der Waals surface area contributed by atoms with Crippen molar-refractivity contribution in [1.29, 1.82) is 0 Å². The molecule has 1 aliphatic heterocycles. The average molecular weight is 500 g/mol. The SMILES string of the molecule is CC1(C)CC2CC(C)(CN2C(=O)COC(=O)c2cc([N+](=O)[O-])ccc2NCc2ccccc2Cl)C1. The Labute approximate surface area is 209 Å². The minimum Gasteiger partial charge on any atom is -0.452 e. The maximum atomic E-state index is 13.0. The number of non-ortho nitro benzene ring substituents is 1. The zero-order chi connectivity index (χ0) is 25.4. The molecule has 8 nitrogen and oxygen atoms in total. The molecule has 2 aromatic rings. The number of nitrogens with zero attached hydrogens (tertiary/aromatic N) is 2. The third-order valence-corrected chi connectivity index (χ3v) is 7.29. The van der Waals surface area contributed by atoms with Gasteiger partial charge in [0.1, 0.15) is 0 Å². The number of carbonyl (C=O) groups excluding carboxylic acids is 2. The Morgan fingerprint density at radius 1 is 1.20 bits per heavy atom. The van der Waals surface area contributed by atoms with Gasteiger partial charge in [-0.05, 0) is 47.8 Å². The Hall–Kier alpha value is -3.13. The van der Waals surface area contributed by atoms with Gasteiger partial charge in [-0.15, -0.1) is 0 Å². The maximum absolute atomic E-state index is 13.0. The Bertz CT molecular complexity index is 1170. The number of rotatable bonds is 7. The van der Waals surface area contributed by atoms with Gasteiger partial charge < -0.3 is 15.0 Å². The molecule has 1 N–H and O–H groups in total. The van der Waals surface area contributed by atoms with Gasteiger partial charge in [0, 0.05) is 42.0 Å². The van der Waals surface area contributed by atoms with E-state index in [2.05, 4.69) is 26.1 Å². The number of fused-ring (bicyclic) bond motifs is 2. The molecule has 1 aliphatic carbocycles. The molecule has 0 aromatic heterocycles. The molecule has 0 spiro atoms. The Morgan fingerprint density at radius 3 is 2.66 bits per heavy atom. The van der Waals surface area contributed by atoms with E-state index in [-0.39, 0.29) is 34.0 Å². The number of hydrogen-bond acceptors (Lipinski definition) is 6. The molecule has 2 fully saturated rings. The van der Waals surface area contributed by atoms with Crippen LogP contribution >= 0.6 is 11.6 Å². The molecule has 1 heterocycles. The van der Waals surface area contributed by atoms with Gasteiger partial charge in [0.15, 0.2) is 6.61 Å². The number of halogens is 1. The third-order valence-electron chi connectivity index (χ3n) is 6.92. The van der Waals surface area contributed by atoms with Crippen LogP contribution in [0.1, 0.15) is 56.0 Å². The molecular weight excluding hydrogens is 470 g/mol. The van der Waals surface area contributed by atoms with Crippen LogP contribution in [0.3, 0.4) is 0 Å². The lowest BCUT2D eigenvalue weighted by Crippen LogP contribution is -2.39. The Balaban J connectivity index is 1.46. The highest BCUT2D eigenvalue weighted by Gasteiger charge is 2.51. The first kappa shape index (κ1) is 25.0. The van der Waals surface area contributed by atoms with E-state index in [9.17, 15) is 19.7 Å². The number of nitro groups is 1. The third kappa shape index (κ3) is 5.59. The van der Waals surface area contributed by atoms with Crippen molar-refractivity contribution in [1.82, 2.24) is 4.90 Å². The number of nitrogens with one attached hydrogen (secondary N) is 1. The van der Waals surface area contributed by atoms with Crippen LogP contribution in [-0.2, 0) is 16.1 Å². The van der Waals surface area contributed by atoms with Crippen LogP contribution in [0, 0.1) is 20.9 Å².